The van der Waals surface area contributed by atoms with Crippen LogP contribution in [0.3, 0.4) is 0 Å². The van der Waals surface area contributed by atoms with Gasteiger partial charge in [0.1, 0.15) is 30.0 Å². The van der Waals surface area contributed by atoms with Crippen LogP contribution < -0.4 is 9.47 Å². The van der Waals surface area contributed by atoms with Crippen LogP contribution in [-0.2, 0) is 6.61 Å². The fraction of sp³-hybridized carbons (Fsp3) is 0.235. The molecule has 108 valence electrons. The lowest BCUT2D eigenvalue weighted by Gasteiger charge is -2.08. The lowest BCUT2D eigenvalue weighted by molar-refractivity contribution is 0.301. The summed E-state index contributed by atoms with van der Waals surface area (Å²) in [6.07, 6.45) is 0.962. The zero-order valence-electron chi connectivity index (χ0n) is 11.8. The fourth-order valence-electron chi connectivity index (χ4n) is 1.77. The summed E-state index contributed by atoms with van der Waals surface area (Å²) in [6, 6.07) is 13.5. The van der Waals surface area contributed by atoms with Crippen molar-refractivity contribution >= 4 is 0 Å². The summed E-state index contributed by atoms with van der Waals surface area (Å²) in [6.45, 7) is 3.02. The van der Waals surface area contributed by atoms with E-state index >= 15 is 0 Å². The van der Waals surface area contributed by atoms with Gasteiger partial charge in [-0.25, -0.2) is 4.39 Å². The largest absolute Gasteiger partial charge is 0.494 e. The van der Waals surface area contributed by atoms with Gasteiger partial charge in [0.25, 0.3) is 0 Å². The van der Waals surface area contributed by atoms with Gasteiger partial charge in [0.05, 0.1) is 12.2 Å². The first-order valence-corrected chi connectivity index (χ1v) is 6.77. The minimum absolute atomic E-state index is 0.0272. The molecule has 0 aliphatic carbocycles. The van der Waals surface area contributed by atoms with Crippen molar-refractivity contribution in [2.45, 2.75) is 20.0 Å². The molecule has 0 heterocycles. The maximum absolute atomic E-state index is 13.2. The van der Waals surface area contributed by atoms with Crippen molar-refractivity contribution in [2.75, 3.05) is 6.61 Å². The molecule has 0 saturated heterocycles. The first-order valence-electron chi connectivity index (χ1n) is 6.77. The van der Waals surface area contributed by atoms with E-state index in [4.69, 9.17) is 14.7 Å². The first kappa shape index (κ1) is 14.9. The molecule has 0 bridgehead atoms. The maximum Gasteiger partial charge on any atom is 0.140 e. The Morgan fingerprint density at radius 1 is 1.05 bits per heavy atom. The predicted octanol–water partition coefficient (Wildman–Crippen LogP) is 4.07. The third kappa shape index (κ3) is 4.22. The molecule has 2 aromatic carbocycles. The van der Waals surface area contributed by atoms with Crippen molar-refractivity contribution in [3.63, 3.8) is 0 Å². The number of rotatable bonds is 6. The van der Waals surface area contributed by atoms with Gasteiger partial charge in [0, 0.05) is 0 Å². The monoisotopic (exact) mass is 285 g/mol. The predicted molar refractivity (Wildman–Crippen MR) is 77.7 cm³/mol. The number of nitriles is 1. The maximum atomic E-state index is 13.2. The summed E-state index contributed by atoms with van der Waals surface area (Å²) in [4.78, 5) is 0. The van der Waals surface area contributed by atoms with Gasteiger partial charge in [-0.15, -0.1) is 0 Å². The number of hydrogen-bond acceptors (Lipinski definition) is 3. The normalized spacial score (nSPS) is 9.95. The smallest absolute Gasteiger partial charge is 0.140 e. The molecule has 0 radical (unpaired) electrons. The van der Waals surface area contributed by atoms with Crippen LogP contribution in [0.2, 0.25) is 0 Å². The standard InChI is InChI=1S/C17H16FNO2/c1-2-9-20-15-4-6-16(7-5-15)21-12-13-3-8-17(18)14(10-13)11-19/h3-8,10H,2,9,12H2,1H3. The van der Waals surface area contributed by atoms with E-state index in [0.717, 1.165) is 17.7 Å². The zero-order chi connectivity index (χ0) is 15.1. The highest BCUT2D eigenvalue weighted by molar-refractivity contribution is 5.35. The summed E-state index contributed by atoms with van der Waals surface area (Å²) in [5.74, 6) is 0.984. The minimum Gasteiger partial charge on any atom is -0.494 e. The molecule has 0 amide bonds. The molecule has 0 fully saturated rings. The molecule has 21 heavy (non-hydrogen) atoms. The zero-order valence-corrected chi connectivity index (χ0v) is 11.8. The van der Waals surface area contributed by atoms with Gasteiger partial charge in [-0.3, -0.25) is 0 Å². The highest BCUT2D eigenvalue weighted by Crippen LogP contribution is 2.19. The molecule has 4 heteroatoms. The molecular formula is C17H16FNO2. The second kappa shape index (κ2) is 7.30. The van der Waals surface area contributed by atoms with Gasteiger partial charge in [-0.1, -0.05) is 13.0 Å². The highest BCUT2D eigenvalue weighted by Gasteiger charge is 2.03. The molecule has 0 unspecified atom stereocenters. The Balaban J connectivity index is 1.95. The Morgan fingerprint density at radius 3 is 2.33 bits per heavy atom. The molecule has 0 atom stereocenters. The SMILES string of the molecule is CCCOc1ccc(OCc2ccc(F)c(C#N)c2)cc1. The summed E-state index contributed by atoms with van der Waals surface area (Å²) in [7, 11) is 0. The Hall–Kier alpha value is -2.54. The molecule has 3 nitrogen and oxygen atoms in total. The average Bonchev–Trinajstić information content (AvgIpc) is 2.53. The molecule has 0 saturated carbocycles. The van der Waals surface area contributed by atoms with E-state index in [2.05, 4.69) is 6.92 Å². The van der Waals surface area contributed by atoms with Crippen molar-refractivity contribution in [1.82, 2.24) is 0 Å². The van der Waals surface area contributed by atoms with Gasteiger partial charge in [0.2, 0.25) is 0 Å². The van der Waals surface area contributed by atoms with Crippen molar-refractivity contribution in [3.05, 3.63) is 59.4 Å². The number of nitrogens with zero attached hydrogens (tertiary/aromatic N) is 1. The fourth-order valence-corrected chi connectivity index (χ4v) is 1.77. The lowest BCUT2D eigenvalue weighted by Crippen LogP contribution is -1.98. The molecule has 2 rings (SSSR count). The number of benzene rings is 2. The van der Waals surface area contributed by atoms with Crippen molar-refractivity contribution in [2.24, 2.45) is 0 Å². The van der Waals surface area contributed by atoms with Crippen LogP contribution in [0.1, 0.15) is 24.5 Å². The van der Waals surface area contributed by atoms with Crippen molar-refractivity contribution in [3.8, 4) is 17.6 Å². The number of ether oxygens (including phenoxy) is 2. The van der Waals surface area contributed by atoms with Crippen molar-refractivity contribution < 1.29 is 13.9 Å². The van der Waals surface area contributed by atoms with E-state index in [9.17, 15) is 4.39 Å². The first-order chi connectivity index (χ1) is 10.2. The van der Waals surface area contributed by atoms with Crippen LogP contribution in [0, 0.1) is 17.1 Å². The molecule has 0 spiro atoms. The molecule has 0 aromatic heterocycles. The topological polar surface area (TPSA) is 42.2 Å². The van der Waals surface area contributed by atoms with Crippen LogP contribution in [0.4, 0.5) is 4.39 Å². The molecule has 2 aromatic rings. The third-order valence-electron chi connectivity index (χ3n) is 2.85. The minimum atomic E-state index is -0.515. The summed E-state index contributed by atoms with van der Waals surface area (Å²) in [5.41, 5.74) is 0.777. The Bertz CT molecular complexity index is 632. The van der Waals surface area contributed by atoms with E-state index in [1.165, 1.54) is 12.1 Å². The second-order valence-electron chi connectivity index (χ2n) is 4.53. The quantitative estimate of drug-likeness (QED) is 0.803. The Kier molecular flexibility index (Phi) is 5.16. The van der Waals surface area contributed by atoms with Gasteiger partial charge >= 0.3 is 0 Å². The summed E-state index contributed by atoms with van der Waals surface area (Å²) >= 11 is 0. The second-order valence-corrected chi connectivity index (χ2v) is 4.53. The van der Waals surface area contributed by atoms with Crippen molar-refractivity contribution in [1.29, 1.82) is 5.26 Å². The van der Waals surface area contributed by atoms with Gasteiger partial charge in [0.15, 0.2) is 0 Å². The van der Waals surface area contributed by atoms with Gasteiger partial charge in [-0.2, -0.15) is 5.26 Å². The summed E-state index contributed by atoms with van der Waals surface area (Å²) in [5, 5.41) is 8.78. The van der Waals surface area contributed by atoms with Crippen LogP contribution in [0.5, 0.6) is 11.5 Å². The lowest BCUT2D eigenvalue weighted by atomic mass is 10.1. The van der Waals surface area contributed by atoms with E-state index in [0.29, 0.717) is 12.4 Å². The summed E-state index contributed by atoms with van der Waals surface area (Å²) < 4.78 is 24.3. The van der Waals surface area contributed by atoms with E-state index in [-0.39, 0.29) is 12.2 Å². The number of halogens is 1. The van der Waals surface area contributed by atoms with Gasteiger partial charge in [-0.05, 0) is 48.4 Å². The van der Waals surface area contributed by atoms with Crippen LogP contribution in [0.15, 0.2) is 42.5 Å². The van der Waals surface area contributed by atoms with Crippen LogP contribution >= 0.6 is 0 Å². The Labute approximate surface area is 123 Å². The van der Waals surface area contributed by atoms with E-state index < -0.39 is 5.82 Å². The van der Waals surface area contributed by atoms with Gasteiger partial charge < -0.3 is 9.47 Å². The highest BCUT2D eigenvalue weighted by atomic mass is 19.1. The van der Waals surface area contributed by atoms with E-state index in [1.54, 1.807) is 6.07 Å². The Morgan fingerprint density at radius 2 is 1.71 bits per heavy atom. The molecule has 0 aliphatic heterocycles. The molecular weight excluding hydrogens is 269 g/mol. The van der Waals surface area contributed by atoms with Crippen LogP contribution in [0.25, 0.3) is 0 Å². The average molecular weight is 285 g/mol. The third-order valence-corrected chi connectivity index (χ3v) is 2.85. The van der Waals surface area contributed by atoms with E-state index in [1.807, 2.05) is 30.3 Å². The molecule has 0 aliphatic rings. The molecule has 0 N–H and O–H groups in total. The number of hydrogen-bond donors (Lipinski definition) is 0. The van der Waals surface area contributed by atoms with Crippen LogP contribution in [-0.4, -0.2) is 6.61 Å².